The summed E-state index contributed by atoms with van der Waals surface area (Å²) < 4.78 is 6.06. The Labute approximate surface area is 151 Å². The third kappa shape index (κ3) is 3.80. The van der Waals surface area contributed by atoms with Gasteiger partial charge in [-0.1, -0.05) is 46.7 Å². The fourth-order valence-electron chi connectivity index (χ4n) is 2.84. The lowest BCUT2D eigenvalue weighted by Crippen LogP contribution is -2.11. The predicted octanol–water partition coefficient (Wildman–Crippen LogP) is 4.89. The van der Waals surface area contributed by atoms with Crippen molar-refractivity contribution in [3.05, 3.63) is 71.3 Å². The molecule has 3 aromatic carbocycles. The monoisotopic (exact) mass is 348 g/mol. The third-order valence-corrected chi connectivity index (χ3v) is 4.22. The Balaban J connectivity index is 1.85. The van der Waals surface area contributed by atoms with Crippen molar-refractivity contribution < 1.29 is 9.53 Å². The maximum atomic E-state index is 11.7. The summed E-state index contributed by atoms with van der Waals surface area (Å²) in [6.45, 7) is 4.30. The summed E-state index contributed by atoms with van der Waals surface area (Å²) in [5.41, 5.74) is 3.56. The standard InChI is InChI=1S/C20H20N4O2/c1-13-6-5-9-18(22-20(25)23-24-21)17(13)12-26-19-11-16-8-4-3-7-15(16)10-14(19)2/h3-11H,12H2,1-2H3,(H3,21,22,23,25). The average molecular weight is 348 g/mol. The summed E-state index contributed by atoms with van der Waals surface area (Å²) in [7, 11) is 0. The molecule has 0 radical (unpaired) electrons. The molecule has 0 aliphatic heterocycles. The maximum absolute atomic E-state index is 11.7. The first-order chi connectivity index (χ1) is 12.6. The van der Waals surface area contributed by atoms with Crippen molar-refractivity contribution in [2.45, 2.75) is 20.5 Å². The van der Waals surface area contributed by atoms with Gasteiger partial charge in [0, 0.05) is 11.3 Å². The van der Waals surface area contributed by atoms with E-state index in [9.17, 15) is 4.79 Å². The Morgan fingerprint density at radius 3 is 2.50 bits per heavy atom. The molecule has 0 heterocycles. The number of hydrogen-bond donors (Lipinski definition) is 2. The van der Waals surface area contributed by atoms with Crippen molar-refractivity contribution in [1.29, 1.82) is 0 Å². The fourth-order valence-corrected chi connectivity index (χ4v) is 2.84. The smallest absolute Gasteiger partial charge is 0.365 e. The van der Waals surface area contributed by atoms with Crippen LogP contribution in [0.25, 0.3) is 10.8 Å². The Kier molecular flexibility index (Phi) is 5.12. The minimum Gasteiger partial charge on any atom is -0.489 e. The second-order valence-corrected chi connectivity index (χ2v) is 6.00. The second kappa shape index (κ2) is 7.65. The Morgan fingerprint density at radius 2 is 1.77 bits per heavy atom. The molecule has 0 fully saturated rings. The summed E-state index contributed by atoms with van der Waals surface area (Å²) in [5, 5.41) is 11.2. The molecule has 3 N–H and O–H groups in total. The number of benzene rings is 3. The average Bonchev–Trinajstić information content (AvgIpc) is 2.61. The largest absolute Gasteiger partial charge is 0.489 e. The van der Waals surface area contributed by atoms with E-state index < -0.39 is 6.03 Å². The molecule has 132 valence electrons. The molecule has 0 saturated carbocycles. The number of carbonyl (C=O) groups is 1. The Morgan fingerprint density at radius 1 is 1.04 bits per heavy atom. The lowest BCUT2D eigenvalue weighted by molar-refractivity contribution is 0.258. The number of nitrogens with zero attached hydrogens (tertiary/aromatic N) is 2. The van der Waals surface area contributed by atoms with Crippen LogP contribution in [0, 0.1) is 13.8 Å². The van der Waals surface area contributed by atoms with Gasteiger partial charge in [-0.05, 0) is 53.9 Å². The minimum absolute atomic E-state index is 0.321. The minimum atomic E-state index is -0.624. The van der Waals surface area contributed by atoms with Gasteiger partial charge >= 0.3 is 6.03 Å². The number of anilines is 1. The van der Waals surface area contributed by atoms with E-state index in [1.807, 2.05) is 44.2 Å². The van der Waals surface area contributed by atoms with Crippen LogP contribution in [-0.2, 0) is 6.61 Å². The highest BCUT2D eigenvalue weighted by Gasteiger charge is 2.11. The van der Waals surface area contributed by atoms with E-state index >= 15 is 0 Å². The van der Waals surface area contributed by atoms with Gasteiger partial charge in [0.25, 0.3) is 0 Å². The number of nitrogens with one attached hydrogen (secondary N) is 1. The molecule has 6 heteroatoms. The number of aryl methyl sites for hydroxylation is 2. The number of nitrogens with two attached hydrogens (primary N) is 1. The lowest BCUT2D eigenvalue weighted by Gasteiger charge is -2.15. The molecular formula is C20H20N4O2. The maximum Gasteiger partial charge on any atom is 0.365 e. The first-order valence-corrected chi connectivity index (χ1v) is 8.21. The van der Waals surface area contributed by atoms with Gasteiger partial charge in [-0.2, -0.15) is 0 Å². The molecule has 0 aromatic heterocycles. The summed E-state index contributed by atoms with van der Waals surface area (Å²) >= 11 is 0. The van der Waals surface area contributed by atoms with E-state index in [-0.39, 0.29) is 0 Å². The molecule has 0 bridgehead atoms. The quantitative estimate of drug-likeness (QED) is 0.399. The SMILES string of the molecule is Cc1cc2ccccc2cc1OCc1c(C)cccc1NC(=O)/N=N\N. The molecule has 0 aliphatic rings. The zero-order chi connectivity index (χ0) is 18.5. The van der Waals surface area contributed by atoms with Crippen molar-refractivity contribution >= 4 is 22.5 Å². The number of rotatable bonds is 4. The van der Waals surface area contributed by atoms with Gasteiger partial charge < -0.3 is 15.9 Å². The number of ether oxygens (including phenoxy) is 1. The molecule has 0 aliphatic carbocycles. The van der Waals surface area contributed by atoms with Gasteiger partial charge in [0.2, 0.25) is 0 Å². The van der Waals surface area contributed by atoms with Crippen LogP contribution in [0.15, 0.2) is 64.9 Å². The van der Waals surface area contributed by atoms with E-state index in [2.05, 4.69) is 33.9 Å². The van der Waals surface area contributed by atoms with E-state index in [0.717, 1.165) is 27.8 Å². The molecule has 0 saturated heterocycles. The van der Waals surface area contributed by atoms with Crippen LogP contribution >= 0.6 is 0 Å². The van der Waals surface area contributed by atoms with E-state index in [1.165, 1.54) is 5.39 Å². The summed E-state index contributed by atoms with van der Waals surface area (Å²) in [6.07, 6.45) is 0. The number of carbonyl (C=O) groups excluding carboxylic acids is 1. The molecule has 0 atom stereocenters. The summed E-state index contributed by atoms with van der Waals surface area (Å²) in [4.78, 5) is 11.7. The van der Waals surface area contributed by atoms with Gasteiger partial charge in [0.15, 0.2) is 0 Å². The highest BCUT2D eigenvalue weighted by Crippen LogP contribution is 2.28. The lowest BCUT2D eigenvalue weighted by atomic mass is 10.1. The highest BCUT2D eigenvalue weighted by molar-refractivity contribution is 5.90. The third-order valence-electron chi connectivity index (χ3n) is 4.22. The van der Waals surface area contributed by atoms with E-state index in [1.54, 1.807) is 6.07 Å². The fraction of sp³-hybridized carbons (Fsp3) is 0.150. The van der Waals surface area contributed by atoms with Crippen molar-refractivity contribution in [3.63, 3.8) is 0 Å². The van der Waals surface area contributed by atoms with Crippen molar-refractivity contribution in [2.75, 3.05) is 5.32 Å². The topological polar surface area (TPSA) is 89.1 Å². The van der Waals surface area contributed by atoms with Crippen LogP contribution in [0.1, 0.15) is 16.7 Å². The highest BCUT2D eigenvalue weighted by atomic mass is 16.5. The van der Waals surface area contributed by atoms with Gasteiger partial charge in [-0.15, -0.1) is 0 Å². The number of fused-ring (bicyclic) bond motifs is 1. The van der Waals surface area contributed by atoms with Crippen LogP contribution < -0.4 is 15.9 Å². The predicted molar refractivity (Wildman–Crippen MR) is 102 cm³/mol. The van der Waals surface area contributed by atoms with Crippen LogP contribution in [0.2, 0.25) is 0 Å². The Hall–Kier alpha value is -3.41. The zero-order valence-corrected chi connectivity index (χ0v) is 14.7. The van der Waals surface area contributed by atoms with Crippen molar-refractivity contribution in [1.82, 2.24) is 0 Å². The number of hydrogen-bond acceptors (Lipinski definition) is 3. The molecule has 3 rings (SSSR count). The number of amides is 2. The summed E-state index contributed by atoms with van der Waals surface area (Å²) in [6, 6.07) is 17.3. The molecule has 0 spiro atoms. The molecule has 0 unspecified atom stereocenters. The van der Waals surface area contributed by atoms with Gasteiger partial charge in [0.1, 0.15) is 12.4 Å². The van der Waals surface area contributed by atoms with E-state index in [0.29, 0.717) is 12.3 Å². The molecule has 6 nitrogen and oxygen atoms in total. The van der Waals surface area contributed by atoms with Crippen LogP contribution in [0.3, 0.4) is 0 Å². The van der Waals surface area contributed by atoms with E-state index in [4.69, 9.17) is 10.6 Å². The first-order valence-electron chi connectivity index (χ1n) is 8.21. The van der Waals surface area contributed by atoms with Gasteiger partial charge in [-0.25, -0.2) is 4.79 Å². The molecular weight excluding hydrogens is 328 g/mol. The zero-order valence-electron chi connectivity index (χ0n) is 14.7. The summed E-state index contributed by atoms with van der Waals surface area (Å²) in [5.74, 6) is 5.73. The second-order valence-electron chi connectivity index (χ2n) is 6.00. The molecule has 3 aromatic rings. The van der Waals surface area contributed by atoms with Crippen LogP contribution in [0.5, 0.6) is 5.75 Å². The first kappa shape index (κ1) is 17.4. The molecule has 26 heavy (non-hydrogen) atoms. The Bertz CT molecular complexity index is 983. The number of urea groups is 1. The normalized spacial score (nSPS) is 11.0. The van der Waals surface area contributed by atoms with Crippen LogP contribution in [0.4, 0.5) is 10.5 Å². The van der Waals surface area contributed by atoms with Gasteiger partial charge in [0.05, 0.1) is 0 Å². The van der Waals surface area contributed by atoms with Crippen LogP contribution in [-0.4, -0.2) is 6.03 Å². The van der Waals surface area contributed by atoms with Crippen molar-refractivity contribution in [3.8, 4) is 5.75 Å². The van der Waals surface area contributed by atoms with Gasteiger partial charge in [-0.3, -0.25) is 0 Å². The van der Waals surface area contributed by atoms with Crippen molar-refractivity contribution in [2.24, 2.45) is 16.2 Å². The molecule has 2 amide bonds.